The zero-order valence-corrected chi connectivity index (χ0v) is 14.3. The van der Waals surface area contributed by atoms with Gasteiger partial charge in [0.2, 0.25) is 5.95 Å². The summed E-state index contributed by atoms with van der Waals surface area (Å²) in [6.45, 7) is -0.447. The summed E-state index contributed by atoms with van der Waals surface area (Å²) in [5.74, 6) is 0.237. The number of imidazole rings is 1. The highest BCUT2D eigenvalue weighted by atomic mass is 16.6. The van der Waals surface area contributed by atoms with E-state index in [2.05, 4.69) is 24.9 Å². The number of H-pyrrole nitrogens is 2. The summed E-state index contributed by atoms with van der Waals surface area (Å²) in [5, 5.41) is 28.7. The highest BCUT2D eigenvalue weighted by Crippen LogP contribution is 2.30. The zero-order chi connectivity index (χ0) is 20.4. The second kappa shape index (κ2) is 7.73. The molecule has 150 valence electrons. The quantitative estimate of drug-likeness (QED) is 0.227. The molecule has 3 aromatic rings. The molecule has 14 nitrogen and oxygen atoms in total. The van der Waals surface area contributed by atoms with Gasteiger partial charge >= 0.3 is 5.69 Å². The fourth-order valence-corrected chi connectivity index (χ4v) is 2.62. The second-order valence-corrected chi connectivity index (χ2v) is 5.83. The Morgan fingerprint density at radius 3 is 2.50 bits per heavy atom. The minimum Gasteiger partial charge on any atom is -0.394 e. The molecule has 4 heterocycles. The first-order valence-corrected chi connectivity index (χ1v) is 7.97. The number of nitrogens with one attached hydrogen (secondary N) is 2. The number of aliphatic hydroxyl groups is 3. The number of aromatic nitrogens is 6. The molecule has 1 aliphatic heterocycles. The molecule has 0 amide bonds. The first-order chi connectivity index (χ1) is 13.3. The molecular weight excluding hydrogens is 376 g/mol. The van der Waals surface area contributed by atoms with Crippen LogP contribution in [0.1, 0.15) is 6.23 Å². The van der Waals surface area contributed by atoms with Crippen LogP contribution in [-0.2, 0) is 4.74 Å². The number of aliphatic hydroxyl groups excluding tert-OH is 3. The van der Waals surface area contributed by atoms with Gasteiger partial charge in [-0.25, -0.2) is 14.8 Å². The largest absolute Gasteiger partial charge is 0.394 e. The van der Waals surface area contributed by atoms with E-state index < -0.39 is 42.4 Å². The van der Waals surface area contributed by atoms with Crippen molar-refractivity contribution in [1.29, 1.82) is 0 Å². The predicted molar refractivity (Wildman–Crippen MR) is 94.8 cm³/mol. The Hall–Kier alpha value is -3.33. The van der Waals surface area contributed by atoms with Gasteiger partial charge in [-0.15, -0.1) is 0 Å². The van der Waals surface area contributed by atoms with Crippen LogP contribution in [0, 0.1) is 0 Å². The summed E-state index contributed by atoms with van der Waals surface area (Å²) in [7, 11) is 0. The number of nitrogens with two attached hydrogens (primary N) is 2. The summed E-state index contributed by atoms with van der Waals surface area (Å²) >= 11 is 0. The van der Waals surface area contributed by atoms with Crippen LogP contribution < -0.4 is 22.7 Å². The van der Waals surface area contributed by atoms with Crippen molar-refractivity contribution < 1.29 is 20.1 Å². The number of hydrogen-bond acceptors (Lipinski definition) is 11. The van der Waals surface area contributed by atoms with E-state index in [-0.39, 0.29) is 17.1 Å². The maximum absolute atomic E-state index is 11.7. The molecule has 0 radical (unpaired) electrons. The lowest BCUT2D eigenvalue weighted by molar-refractivity contribution is -0.0511. The summed E-state index contributed by atoms with van der Waals surface area (Å²) in [5.41, 5.74) is 9.87. The molecule has 0 spiro atoms. The van der Waals surface area contributed by atoms with E-state index in [9.17, 15) is 19.8 Å². The molecular formula is C14H18N8O6. The highest BCUT2D eigenvalue weighted by molar-refractivity contribution is 5.70. The smallest absolute Gasteiger partial charge is 0.346 e. The molecule has 3 aromatic heterocycles. The topological polar surface area (TPSA) is 231 Å². The van der Waals surface area contributed by atoms with Gasteiger partial charge in [0, 0.05) is 6.20 Å². The Balaban J connectivity index is 0.000000236. The van der Waals surface area contributed by atoms with E-state index in [1.165, 1.54) is 23.2 Å². The van der Waals surface area contributed by atoms with Crippen molar-refractivity contribution in [2.75, 3.05) is 18.1 Å². The Labute approximate surface area is 155 Å². The standard InChI is InChI=1S/C10H13N5O5.C4H5N3O/c11-10-13-7-4(8(19)14-10)12-2-15(7)9-6(18)5(17)3(1-16)20-9;5-3-1-2-6-4(8)7-3/h2-3,5-6,9,16-18H,1H2,(H3,11,13,14,19);1-2H,(H3,5,6,7,8). The minimum absolute atomic E-state index is 0.0388. The van der Waals surface area contributed by atoms with Gasteiger partial charge in [-0.1, -0.05) is 0 Å². The van der Waals surface area contributed by atoms with E-state index in [4.69, 9.17) is 21.3 Å². The van der Waals surface area contributed by atoms with Gasteiger partial charge < -0.3 is 31.5 Å². The molecule has 1 saturated heterocycles. The summed E-state index contributed by atoms with van der Waals surface area (Å²) < 4.78 is 6.64. The van der Waals surface area contributed by atoms with Crippen molar-refractivity contribution in [1.82, 2.24) is 29.5 Å². The molecule has 4 rings (SSSR count). The number of nitrogens with zero attached hydrogens (tertiary/aromatic N) is 4. The van der Waals surface area contributed by atoms with Crippen molar-refractivity contribution >= 4 is 22.9 Å². The van der Waals surface area contributed by atoms with Crippen LogP contribution in [0.3, 0.4) is 0 Å². The molecule has 0 saturated carbocycles. The predicted octanol–water partition coefficient (Wildman–Crippen LogP) is -3.33. The summed E-state index contributed by atoms with van der Waals surface area (Å²) in [6.07, 6.45) is -1.86. The molecule has 0 aromatic carbocycles. The highest BCUT2D eigenvalue weighted by Gasteiger charge is 2.44. The zero-order valence-electron chi connectivity index (χ0n) is 14.3. The van der Waals surface area contributed by atoms with Crippen LogP contribution in [0.5, 0.6) is 0 Å². The van der Waals surface area contributed by atoms with Crippen molar-refractivity contribution in [3.63, 3.8) is 0 Å². The normalized spacial score (nSPS) is 24.1. The SMILES string of the molecule is Nc1ccnc(=O)[nH]1.Nc1nc2c(ncn2C2OC(CO)C(O)C2O)c(=O)[nH]1. The van der Waals surface area contributed by atoms with Crippen molar-refractivity contribution in [3.05, 3.63) is 39.4 Å². The third-order valence-electron chi connectivity index (χ3n) is 3.94. The van der Waals surface area contributed by atoms with Crippen LogP contribution in [-0.4, -0.2) is 69.7 Å². The van der Waals surface area contributed by atoms with Crippen LogP contribution in [0.25, 0.3) is 11.2 Å². The lowest BCUT2D eigenvalue weighted by Crippen LogP contribution is -2.33. The number of aromatic amines is 2. The second-order valence-electron chi connectivity index (χ2n) is 5.83. The fourth-order valence-electron chi connectivity index (χ4n) is 2.62. The molecule has 14 heteroatoms. The van der Waals surface area contributed by atoms with Gasteiger partial charge in [0.15, 0.2) is 17.4 Å². The third kappa shape index (κ3) is 3.70. The lowest BCUT2D eigenvalue weighted by Gasteiger charge is -2.16. The minimum atomic E-state index is -1.29. The number of fused-ring (bicyclic) bond motifs is 1. The number of rotatable bonds is 2. The summed E-state index contributed by atoms with van der Waals surface area (Å²) in [4.78, 5) is 37.6. The van der Waals surface area contributed by atoms with Crippen LogP contribution in [0.2, 0.25) is 0 Å². The van der Waals surface area contributed by atoms with E-state index in [1.54, 1.807) is 0 Å². The van der Waals surface area contributed by atoms with E-state index in [1.807, 2.05) is 0 Å². The average Bonchev–Trinajstić information content (AvgIpc) is 3.17. The molecule has 1 fully saturated rings. The Morgan fingerprint density at radius 2 is 1.93 bits per heavy atom. The molecule has 4 atom stereocenters. The average molecular weight is 394 g/mol. The van der Waals surface area contributed by atoms with Gasteiger partial charge in [0.1, 0.15) is 24.1 Å². The number of nitrogen functional groups attached to an aromatic ring is 2. The van der Waals surface area contributed by atoms with Crippen molar-refractivity contribution in [2.24, 2.45) is 0 Å². The fraction of sp³-hybridized carbons (Fsp3) is 0.357. The van der Waals surface area contributed by atoms with E-state index >= 15 is 0 Å². The van der Waals surface area contributed by atoms with Gasteiger partial charge in [-0.3, -0.25) is 19.3 Å². The Morgan fingerprint density at radius 1 is 1.18 bits per heavy atom. The summed E-state index contributed by atoms with van der Waals surface area (Å²) in [6, 6.07) is 1.52. The van der Waals surface area contributed by atoms with E-state index in [0.717, 1.165) is 0 Å². The van der Waals surface area contributed by atoms with Crippen molar-refractivity contribution in [3.8, 4) is 0 Å². The van der Waals surface area contributed by atoms with Gasteiger partial charge in [0.25, 0.3) is 5.56 Å². The Kier molecular flexibility index (Phi) is 5.36. The van der Waals surface area contributed by atoms with Crippen LogP contribution >= 0.6 is 0 Å². The van der Waals surface area contributed by atoms with Crippen LogP contribution in [0.15, 0.2) is 28.2 Å². The molecule has 4 unspecified atom stereocenters. The number of hydrogen-bond donors (Lipinski definition) is 7. The molecule has 1 aliphatic rings. The van der Waals surface area contributed by atoms with E-state index in [0.29, 0.717) is 5.82 Å². The lowest BCUT2D eigenvalue weighted by atomic mass is 10.1. The van der Waals surface area contributed by atoms with Gasteiger partial charge in [-0.05, 0) is 6.07 Å². The van der Waals surface area contributed by atoms with Crippen LogP contribution in [0.4, 0.5) is 11.8 Å². The van der Waals surface area contributed by atoms with Gasteiger partial charge in [0.05, 0.1) is 12.9 Å². The first kappa shape index (κ1) is 19.4. The molecule has 28 heavy (non-hydrogen) atoms. The monoisotopic (exact) mass is 394 g/mol. The number of ether oxygens (including phenoxy) is 1. The molecule has 0 bridgehead atoms. The number of anilines is 2. The third-order valence-corrected chi connectivity index (χ3v) is 3.94. The molecule has 9 N–H and O–H groups in total. The van der Waals surface area contributed by atoms with Gasteiger partial charge in [-0.2, -0.15) is 4.98 Å². The molecule has 0 aliphatic carbocycles. The maximum atomic E-state index is 11.7. The first-order valence-electron chi connectivity index (χ1n) is 7.97. The van der Waals surface area contributed by atoms with Crippen molar-refractivity contribution in [2.45, 2.75) is 24.5 Å². The maximum Gasteiger partial charge on any atom is 0.346 e. The Bertz CT molecular complexity index is 1080.